The Labute approximate surface area is 137 Å². The van der Waals surface area contributed by atoms with Crippen molar-refractivity contribution < 1.29 is 9.53 Å². The molecule has 0 saturated heterocycles. The number of aromatic nitrogens is 2. The van der Waals surface area contributed by atoms with Crippen molar-refractivity contribution in [1.29, 1.82) is 0 Å². The fourth-order valence-corrected chi connectivity index (χ4v) is 3.05. The van der Waals surface area contributed by atoms with Crippen molar-refractivity contribution in [3.63, 3.8) is 0 Å². The van der Waals surface area contributed by atoms with Gasteiger partial charge in [0.15, 0.2) is 0 Å². The quantitative estimate of drug-likeness (QED) is 0.757. The highest BCUT2D eigenvalue weighted by atomic mass is 35.5. The van der Waals surface area contributed by atoms with E-state index in [1.807, 2.05) is 24.3 Å². The average Bonchev–Trinajstić information content (AvgIpc) is 2.94. The van der Waals surface area contributed by atoms with Crippen LogP contribution in [0.4, 0.5) is 0 Å². The van der Waals surface area contributed by atoms with Gasteiger partial charge in [-0.3, -0.25) is 4.79 Å². The number of H-pyrrole nitrogens is 1. The lowest BCUT2D eigenvalue weighted by Crippen LogP contribution is -2.32. The zero-order chi connectivity index (χ0) is 15.8. The zero-order valence-corrected chi connectivity index (χ0v) is 12.9. The van der Waals surface area contributed by atoms with E-state index in [0.29, 0.717) is 17.5 Å². The topological polar surface area (TPSA) is 67.0 Å². The number of halogens is 1. The third kappa shape index (κ3) is 2.64. The molecule has 116 valence electrons. The highest BCUT2D eigenvalue weighted by Crippen LogP contribution is 2.31. The molecule has 1 amide bonds. The standard InChI is InChI=1S/C17H14ClN3O2/c18-17-20-13-6-5-10(9-14(13)21-17)16(22)19-12-7-8-23-15-4-2-1-3-11(12)15/h1-6,9,12H,7-8H2,(H,19,22)(H,20,21)/t12-/m0/s1. The highest BCUT2D eigenvalue weighted by molar-refractivity contribution is 6.29. The number of nitrogens with one attached hydrogen (secondary N) is 2. The van der Waals surface area contributed by atoms with E-state index in [-0.39, 0.29) is 11.9 Å². The molecule has 4 rings (SSSR count). The van der Waals surface area contributed by atoms with E-state index in [0.717, 1.165) is 28.8 Å². The third-order valence-corrected chi connectivity index (χ3v) is 4.16. The number of imidazole rings is 1. The van der Waals surface area contributed by atoms with Gasteiger partial charge in [0.05, 0.1) is 23.7 Å². The lowest BCUT2D eigenvalue weighted by Gasteiger charge is -2.26. The lowest BCUT2D eigenvalue weighted by molar-refractivity contribution is 0.0925. The number of hydrogen-bond donors (Lipinski definition) is 2. The Bertz CT molecular complexity index is 890. The smallest absolute Gasteiger partial charge is 0.251 e. The van der Waals surface area contributed by atoms with Gasteiger partial charge in [-0.15, -0.1) is 0 Å². The van der Waals surface area contributed by atoms with Crippen molar-refractivity contribution >= 4 is 28.5 Å². The van der Waals surface area contributed by atoms with Gasteiger partial charge in [0.1, 0.15) is 5.75 Å². The molecule has 0 aliphatic carbocycles. The number of ether oxygens (including phenoxy) is 1. The van der Waals surface area contributed by atoms with Crippen molar-refractivity contribution in [2.75, 3.05) is 6.61 Å². The van der Waals surface area contributed by atoms with E-state index >= 15 is 0 Å². The molecule has 1 aliphatic heterocycles. The molecule has 0 radical (unpaired) electrons. The number of carbonyl (C=O) groups is 1. The number of nitrogens with zero attached hydrogens (tertiary/aromatic N) is 1. The summed E-state index contributed by atoms with van der Waals surface area (Å²) in [5, 5.41) is 3.39. The fourth-order valence-electron chi connectivity index (χ4n) is 2.85. The van der Waals surface area contributed by atoms with Crippen LogP contribution in [-0.4, -0.2) is 22.5 Å². The van der Waals surface area contributed by atoms with Crippen LogP contribution in [0.1, 0.15) is 28.4 Å². The molecule has 23 heavy (non-hydrogen) atoms. The molecule has 6 heteroatoms. The second kappa shape index (κ2) is 5.59. The Morgan fingerprint density at radius 1 is 1.30 bits per heavy atom. The molecule has 0 unspecified atom stereocenters. The maximum atomic E-state index is 12.6. The van der Waals surface area contributed by atoms with Crippen molar-refractivity contribution in [2.45, 2.75) is 12.5 Å². The molecule has 1 atom stereocenters. The zero-order valence-electron chi connectivity index (χ0n) is 12.2. The molecule has 1 aromatic heterocycles. The molecule has 5 nitrogen and oxygen atoms in total. The van der Waals surface area contributed by atoms with Gasteiger partial charge in [-0.25, -0.2) is 4.98 Å². The number of rotatable bonds is 2. The average molecular weight is 328 g/mol. The van der Waals surface area contributed by atoms with Crippen LogP contribution in [0, 0.1) is 0 Å². The third-order valence-electron chi connectivity index (χ3n) is 3.98. The van der Waals surface area contributed by atoms with Crippen molar-refractivity contribution in [2.24, 2.45) is 0 Å². The molecule has 0 saturated carbocycles. The molecule has 2 N–H and O–H groups in total. The van der Waals surface area contributed by atoms with Crippen LogP contribution < -0.4 is 10.1 Å². The molecular formula is C17H14ClN3O2. The van der Waals surface area contributed by atoms with E-state index in [9.17, 15) is 4.79 Å². The minimum atomic E-state index is -0.126. The van der Waals surface area contributed by atoms with Gasteiger partial charge < -0.3 is 15.0 Å². The van der Waals surface area contributed by atoms with Crippen molar-refractivity contribution in [1.82, 2.24) is 15.3 Å². The summed E-state index contributed by atoms with van der Waals surface area (Å²) in [6.07, 6.45) is 0.751. The van der Waals surface area contributed by atoms with E-state index in [4.69, 9.17) is 16.3 Å². The highest BCUT2D eigenvalue weighted by Gasteiger charge is 2.23. The van der Waals surface area contributed by atoms with E-state index < -0.39 is 0 Å². The van der Waals surface area contributed by atoms with Crippen molar-refractivity contribution in [3.8, 4) is 5.75 Å². The number of carbonyl (C=O) groups excluding carboxylic acids is 1. The molecule has 3 aromatic rings. The van der Waals surface area contributed by atoms with Crippen LogP contribution in [0.25, 0.3) is 11.0 Å². The van der Waals surface area contributed by atoms with Crippen LogP contribution >= 0.6 is 11.6 Å². The van der Waals surface area contributed by atoms with Crippen LogP contribution in [0.15, 0.2) is 42.5 Å². The number of hydrogen-bond acceptors (Lipinski definition) is 3. The normalized spacial score (nSPS) is 16.7. The fraction of sp³-hybridized carbons (Fsp3) is 0.176. The second-order valence-corrected chi connectivity index (χ2v) is 5.82. The molecule has 0 fully saturated rings. The Morgan fingerprint density at radius 2 is 2.17 bits per heavy atom. The van der Waals surface area contributed by atoms with Crippen LogP contribution in [-0.2, 0) is 0 Å². The summed E-state index contributed by atoms with van der Waals surface area (Å²) < 4.78 is 5.62. The predicted molar refractivity (Wildman–Crippen MR) is 87.9 cm³/mol. The molecular weight excluding hydrogens is 314 g/mol. The molecule has 0 spiro atoms. The first-order valence-electron chi connectivity index (χ1n) is 7.38. The maximum absolute atomic E-state index is 12.6. The Balaban J connectivity index is 1.60. The summed E-state index contributed by atoms with van der Waals surface area (Å²) in [6.45, 7) is 0.594. The summed E-state index contributed by atoms with van der Waals surface area (Å²) in [5.41, 5.74) is 3.07. The number of fused-ring (bicyclic) bond motifs is 2. The summed E-state index contributed by atoms with van der Waals surface area (Å²) in [7, 11) is 0. The van der Waals surface area contributed by atoms with E-state index in [2.05, 4.69) is 15.3 Å². The molecule has 2 aromatic carbocycles. The number of amides is 1. The summed E-state index contributed by atoms with van der Waals surface area (Å²) in [5.74, 6) is 0.708. The number of para-hydroxylation sites is 1. The minimum Gasteiger partial charge on any atom is -0.493 e. The van der Waals surface area contributed by atoms with Gasteiger partial charge in [0.25, 0.3) is 5.91 Å². The second-order valence-electron chi connectivity index (χ2n) is 5.46. The largest absolute Gasteiger partial charge is 0.493 e. The Hall–Kier alpha value is -2.53. The SMILES string of the molecule is O=C(N[C@H]1CCOc2ccccc21)c1ccc2nc(Cl)[nH]c2c1. The van der Waals surface area contributed by atoms with Gasteiger partial charge in [0.2, 0.25) is 5.28 Å². The van der Waals surface area contributed by atoms with Crippen molar-refractivity contribution in [3.05, 3.63) is 58.9 Å². The predicted octanol–water partition coefficient (Wildman–Crippen LogP) is 3.47. The van der Waals surface area contributed by atoms with Gasteiger partial charge in [-0.05, 0) is 35.9 Å². The van der Waals surface area contributed by atoms with Crippen LogP contribution in [0.3, 0.4) is 0 Å². The van der Waals surface area contributed by atoms with Gasteiger partial charge in [0, 0.05) is 17.5 Å². The Kier molecular flexibility index (Phi) is 3.42. The van der Waals surface area contributed by atoms with Crippen LogP contribution in [0.2, 0.25) is 5.28 Å². The van der Waals surface area contributed by atoms with Gasteiger partial charge >= 0.3 is 0 Å². The minimum absolute atomic E-state index is 0.0477. The molecule has 1 aliphatic rings. The molecule has 0 bridgehead atoms. The molecule has 2 heterocycles. The van der Waals surface area contributed by atoms with Crippen LogP contribution in [0.5, 0.6) is 5.75 Å². The maximum Gasteiger partial charge on any atom is 0.251 e. The van der Waals surface area contributed by atoms with Gasteiger partial charge in [-0.1, -0.05) is 18.2 Å². The summed E-state index contributed by atoms with van der Waals surface area (Å²) in [6, 6.07) is 13.0. The monoisotopic (exact) mass is 327 g/mol. The first-order valence-corrected chi connectivity index (χ1v) is 7.76. The van der Waals surface area contributed by atoms with E-state index in [1.165, 1.54) is 0 Å². The van der Waals surface area contributed by atoms with Gasteiger partial charge in [-0.2, -0.15) is 0 Å². The number of aromatic amines is 1. The first-order chi connectivity index (χ1) is 11.2. The first kappa shape index (κ1) is 14.1. The lowest BCUT2D eigenvalue weighted by atomic mass is 10.00. The summed E-state index contributed by atoms with van der Waals surface area (Å²) in [4.78, 5) is 19.6. The summed E-state index contributed by atoms with van der Waals surface area (Å²) >= 11 is 5.85. The van der Waals surface area contributed by atoms with E-state index in [1.54, 1.807) is 18.2 Å². The number of benzene rings is 2. The Morgan fingerprint density at radius 3 is 3.09 bits per heavy atom.